The molecule has 0 saturated carbocycles. The van der Waals surface area contributed by atoms with E-state index in [-0.39, 0.29) is 21.6 Å². The molecule has 0 radical (unpaired) electrons. The number of hydrogen-bond donors (Lipinski definition) is 1. The summed E-state index contributed by atoms with van der Waals surface area (Å²) in [7, 11) is 1.72. The molecule has 19 heavy (non-hydrogen) atoms. The summed E-state index contributed by atoms with van der Waals surface area (Å²) in [6, 6.07) is 0. The van der Waals surface area contributed by atoms with Crippen LogP contribution in [0.25, 0.3) is 0 Å². The van der Waals surface area contributed by atoms with Crippen LogP contribution in [0.4, 0.5) is 0 Å². The van der Waals surface area contributed by atoms with Gasteiger partial charge in [0, 0.05) is 7.05 Å². The van der Waals surface area contributed by atoms with Gasteiger partial charge in [-0.3, -0.25) is 9.69 Å². The van der Waals surface area contributed by atoms with E-state index in [1.807, 2.05) is 0 Å². The third kappa shape index (κ3) is 2.10. The third-order valence-corrected chi connectivity index (χ3v) is 5.42. The van der Waals surface area contributed by atoms with Crippen molar-refractivity contribution in [2.75, 3.05) is 0 Å². The fourth-order valence-corrected chi connectivity index (χ4v) is 4.50. The number of carboxylic acids is 1. The highest BCUT2D eigenvalue weighted by molar-refractivity contribution is 8.17. The second-order valence-electron chi connectivity index (χ2n) is 3.99. The summed E-state index contributed by atoms with van der Waals surface area (Å²) in [6.07, 6.45) is 1.95. The highest BCUT2D eigenvalue weighted by atomic mass is 32.2. The zero-order valence-electron chi connectivity index (χ0n) is 9.76. The number of carbonyl (C=O) groups is 2. The molecular weight excluding hydrogens is 290 g/mol. The average molecular weight is 299 g/mol. The lowest BCUT2D eigenvalue weighted by Crippen LogP contribution is -2.53. The molecule has 1 aromatic rings. The van der Waals surface area contributed by atoms with Crippen LogP contribution in [0.1, 0.15) is 6.42 Å². The van der Waals surface area contributed by atoms with Crippen molar-refractivity contribution in [3.63, 3.8) is 0 Å². The first-order valence-corrected chi connectivity index (χ1v) is 7.20. The smallest absolute Gasteiger partial charge is 0.352 e. The Labute approximate surface area is 116 Å². The number of carboxylic acid groups (broad SMARTS) is 1. The van der Waals surface area contributed by atoms with E-state index >= 15 is 0 Å². The molecule has 1 saturated heterocycles. The van der Waals surface area contributed by atoms with Gasteiger partial charge < -0.3 is 5.11 Å². The maximum absolute atomic E-state index is 11.4. The van der Waals surface area contributed by atoms with Crippen LogP contribution in [-0.2, 0) is 16.6 Å². The lowest BCUT2D eigenvalue weighted by Gasteiger charge is -2.44. The minimum atomic E-state index is -1.08. The molecule has 0 aromatic carbocycles. The second-order valence-corrected chi connectivity index (χ2v) is 6.72. The Hall–Kier alpha value is -1.55. The number of amides is 1. The summed E-state index contributed by atoms with van der Waals surface area (Å²) >= 11 is 2.90. The molecule has 0 bridgehead atoms. The Bertz CT molecular complexity index is 586. The van der Waals surface area contributed by atoms with Gasteiger partial charge in [0.05, 0.1) is 16.4 Å². The number of fused-ring (bicyclic) bond motifs is 1. The van der Waals surface area contributed by atoms with Gasteiger partial charge in [0.25, 0.3) is 0 Å². The van der Waals surface area contributed by atoms with Crippen molar-refractivity contribution >= 4 is 35.4 Å². The Morgan fingerprint density at radius 2 is 2.42 bits per heavy atom. The van der Waals surface area contributed by atoms with Crippen LogP contribution in [-0.4, -0.2) is 52.0 Å². The van der Waals surface area contributed by atoms with E-state index in [1.165, 1.54) is 33.1 Å². The lowest BCUT2D eigenvalue weighted by molar-refractivity contribution is -0.146. The lowest BCUT2D eigenvalue weighted by atomic mass is 10.1. The zero-order chi connectivity index (χ0) is 13.6. The monoisotopic (exact) mass is 299 g/mol. The van der Waals surface area contributed by atoms with Crippen molar-refractivity contribution in [3.05, 3.63) is 11.8 Å². The number of thioether (sulfide) groups is 2. The van der Waals surface area contributed by atoms with Crippen LogP contribution in [0.5, 0.6) is 0 Å². The van der Waals surface area contributed by atoms with Gasteiger partial charge in [-0.25, -0.2) is 9.48 Å². The minimum Gasteiger partial charge on any atom is -0.477 e. The van der Waals surface area contributed by atoms with Crippen LogP contribution >= 0.6 is 23.5 Å². The number of hydrogen-bond acceptors (Lipinski definition) is 7. The molecule has 2 aliphatic heterocycles. The number of rotatable bonds is 3. The maximum Gasteiger partial charge on any atom is 0.352 e. The number of carbonyl (C=O) groups excluding carboxylic acids is 1. The molecule has 1 fully saturated rings. The van der Waals surface area contributed by atoms with Crippen LogP contribution in [0.3, 0.4) is 0 Å². The predicted octanol–water partition coefficient (Wildman–Crippen LogP) is -0.0980. The summed E-state index contributed by atoms with van der Waals surface area (Å²) in [5.74, 6) is -1.23. The molecule has 10 heteroatoms. The van der Waals surface area contributed by atoms with Crippen molar-refractivity contribution in [1.29, 1.82) is 0 Å². The van der Waals surface area contributed by atoms with E-state index in [2.05, 4.69) is 15.5 Å². The van der Waals surface area contributed by atoms with Crippen molar-refractivity contribution in [1.82, 2.24) is 25.1 Å². The molecule has 3 heterocycles. The van der Waals surface area contributed by atoms with E-state index in [1.54, 1.807) is 13.1 Å². The van der Waals surface area contributed by atoms with Crippen LogP contribution in [0.15, 0.2) is 16.9 Å². The molecule has 3 rings (SSSR count). The van der Waals surface area contributed by atoms with Gasteiger partial charge in [-0.15, -0.1) is 16.9 Å². The first-order chi connectivity index (χ1) is 9.06. The van der Waals surface area contributed by atoms with Gasteiger partial charge in [-0.05, 0) is 16.5 Å². The van der Waals surface area contributed by atoms with Gasteiger partial charge in [0.2, 0.25) is 11.1 Å². The van der Waals surface area contributed by atoms with Crippen molar-refractivity contribution < 1.29 is 14.7 Å². The SMILES string of the molecule is Cn1nnnc1SC1C=C(C(=O)O)N2C(=O)C[C@H]2S1. The molecule has 2 atom stereocenters. The molecule has 1 aromatic heterocycles. The molecular formula is C9H9N5O3S2. The summed E-state index contributed by atoms with van der Waals surface area (Å²) in [4.78, 5) is 23.9. The summed E-state index contributed by atoms with van der Waals surface area (Å²) in [5, 5.41) is 20.8. The number of β-lactam (4-membered cyclic amide) rings is 1. The minimum absolute atomic E-state index is 0.0487. The van der Waals surface area contributed by atoms with Crippen molar-refractivity contribution in [2.45, 2.75) is 21.5 Å². The van der Waals surface area contributed by atoms with E-state index in [0.717, 1.165) is 0 Å². The molecule has 8 nitrogen and oxygen atoms in total. The number of aromatic nitrogens is 4. The van der Waals surface area contributed by atoms with Gasteiger partial charge in [0.15, 0.2) is 0 Å². The molecule has 2 aliphatic rings. The fourth-order valence-electron chi connectivity index (χ4n) is 1.85. The third-order valence-electron chi connectivity index (χ3n) is 2.77. The zero-order valence-corrected chi connectivity index (χ0v) is 11.4. The number of tetrazole rings is 1. The quantitative estimate of drug-likeness (QED) is 0.772. The second kappa shape index (κ2) is 4.53. The number of nitrogens with zero attached hydrogens (tertiary/aromatic N) is 5. The number of aryl methyl sites for hydroxylation is 1. The molecule has 1 N–H and O–H groups in total. The Morgan fingerprint density at radius 3 is 3.00 bits per heavy atom. The summed E-state index contributed by atoms with van der Waals surface area (Å²) in [6.45, 7) is 0. The molecule has 100 valence electrons. The Morgan fingerprint density at radius 1 is 1.63 bits per heavy atom. The fraction of sp³-hybridized carbons (Fsp3) is 0.444. The number of aliphatic carboxylic acids is 1. The van der Waals surface area contributed by atoms with Gasteiger partial charge in [-0.1, -0.05) is 11.8 Å². The molecule has 0 spiro atoms. The highest BCUT2D eigenvalue weighted by Gasteiger charge is 2.45. The Kier molecular flexibility index (Phi) is 2.97. The normalized spacial score (nSPS) is 25.6. The maximum atomic E-state index is 11.4. The Balaban J connectivity index is 1.84. The van der Waals surface area contributed by atoms with Crippen LogP contribution in [0.2, 0.25) is 0 Å². The molecule has 0 aliphatic carbocycles. The van der Waals surface area contributed by atoms with E-state index in [9.17, 15) is 9.59 Å². The highest BCUT2D eigenvalue weighted by Crippen LogP contribution is 2.45. The first kappa shape index (κ1) is 12.5. The van der Waals surface area contributed by atoms with Gasteiger partial charge in [0.1, 0.15) is 5.70 Å². The van der Waals surface area contributed by atoms with Crippen LogP contribution < -0.4 is 0 Å². The van der Waals surface area contributed by atoms with E-state index in [0.29, 0.717) is 11.6 Å². The average Bonchev–Trinajstić information content (AvgIpc) is 2.73. The predicted molar refractivity (Wildman–Crippen MR) is 67.0 cm³/mol. The van der Waals surface area contributed by atoms with Gasteiger partial charge in [-0.2, -0.15) is 0 Å². The molecule has 1 unspecified atom stereocenters. The van der Waals surface area contributed by atoms with Crippen molar-refractivity contribution in [3.8, 4) is 0 Å². The van der Waals surface area contributed by atoms with E-state index in [4.69, 9.17) is 5.11 Å². The topological polar surface area (TPSA) is 101 Å². The standard InChI is InChI=1S/C9H9N5O3S2/c1-13-9(10-11-12-13)19-7-2-4(8(16)17)14-5(15)3-6(14)18-7/h2,6-7H,3H2,1H3,(H,16,17)/t6-,7?/m1/s1. The first-order valence-electron chi connectivity index (χ1n) is 5.38. The van der Waals surface area contributed by atoms with E-state index < -0.39 is 5.97 Å². The summed E-state index contributed by atoms with van der Waals surface area (Å²) < 4.78 is 1.41. The van der Waals surface area contributed by atoms with Crippen LogP contribution in [0, 0.1) is 0 Å². The van der Waals surface area contributed by atoms with Crippen molar-refractivity contribution in [2.24, 2.45) is 7.05 Å². The largest absolute Gasteiger partial charge is 0.477 e. The van der Waals surface area contributed by atoms with Gasteiger partial charge >= 0.3 is 5.97 Å². The molecule has 1 amide bonds. The summed E-state index contributed by atoms with van der Waals surface area (Å²) in [5.41, 5.74) is 0.0487.